The second-order valence-corrected chi connectivity index (χ2v) is 6.74. The van der Waals surface area contributed by atoms with Crippen molar-refractivity contribution in [2.75, 3.05) is 6.54 Å². The van der Waals surface area contributed by atoms with E-state index in [0.717, 1.165) is 25.7 Å². The molecule has 0 unspecified atom stereocenters. The highest BCUT2D eigenvalue weighted by Gasteiger charge is 2.24. The number of para-hydroxylation sites is 1. The van der Waals surface area contributed by atoms with Crippen LogP contribution in [0, 0.1) is 4.91 Å². The van der Waals surface area contributed by atoms with Crippen LogP contribution in [0.4, 0.5) is 0 Å². The summed E-state index contributed by atoms with van der Waals surface area (Å²) >= 11 is 0. The van der Waals surface area contributed by atoms with Gasteiger partial charge in [0.1, 0.15) is 11.4 Å². The maximum Gasteiger partial charge on any atom is 0.270 e. The Labute approximate surface area is 156 Å². The van der Waals surface area contributed by atoms with Gasteiger partial charge in [0.05, 0.1) is 12.1 Å². The number of nitrogens with one attached hydrogen (secondary N) is 2. The van der Waals surface area contributed by atoms with Crippen LogP contribution in [0.2, 0.25) is 0 Å². The number of hydrogen-bond acceptors (Lipinski definition) is 6. The molecule has 1 fully saturated rings. The Morgan fingerprint density at radius 2 is 1.78 bits per heavy atom. The molecule has 8 nitrogen and oxygen atoms in total. The minimum Gasteiger partial charge on any atom is -0.507 e. The van der Waals surface area contributed by atoms with Crippen LogP contribution in [0.3, 0.4) is 0 Å². The van der Waals surface area contributed by atoms with Crippen LogP contribution >= 0.6 is 0 Å². The van der Waals surface area contributed by atoms with Crippen molar-refractivity contribution in [2.45, 2.75) is 44.2 Å². The van der Waals surface area contributed by atoms with Crippen molar-refractivity contribution >= 4 is 22.7 Å². The van der Waals surface area contributed by atoms with Gasteiger partial charge >= 0.3 is 0 Å². The van der Waals surface area contributed by atoms with E-state index < -0.39 is 0 Å². The quantitative estimate of drug-likeness (QED) is 0.674. The molecule has 0 saturated heterocycles. The normalized spacial score (nSPS) is 19.4. The molecule has 0 bridgehead atoms. The molecule has 0 spiro atoms. The number of pyridine rings is 1. The topological polar surface area (TPSA) is 121 Å². The second-order valence-electron chi connectivity index (χ2n) is 6.74. The van der Waals surface area contributed by atoms with Crippen LogP contribution in [0.1, 0.15) is 42.6 Å². The third-order valence-corrected chi connectivity index (χ3v) is 4.78. The molecule has 1 aliphatic carbocycles. The molecular weight excluding hydrogens is 348 g/mol. The summed E-state index contributed by atoms with van der Waals surface area (Å²) < 4.78 is 0. The van der Waals surface area contributed by atoms with E-state index in [9.17, 15) is 19.6 Å². The third-order valence-electron chi connectivity index (χ3n) is 4.78. The monoisotopic (exact) mass is 370 g/mol. The summed E-state index contributed by atoms with van der Waals surface area (Å²) in [5.41, 5.74) is 0.752. The average molecular weight is 370 g/mol. The molecule has 0 aliphatic heterocycles. The van der Waals surface area contributed by atoms with Gasteiger partial charge in [-0.25, -0.2) is 4.98 Å². The zero-order valence-corrected chi connectivity index (χ0v) is 14.9. The summed E-state index contributed by atoms with van der Waals surface area (Å²) in [5, 5.41) is 19.2. The van der Waals surface area contributed by atoms with E-state index in [-0.39, 0.29) is 48.3 Å². The summed E-state index contributed by atoms with van der Waals surface area (Å²) in [6, 6.07) is 8.54. The van der Waals surface area contributed by atoms with Crippen LogP contribution in [-0.4, -0.2) is 40.5 Å². The number of nitrogens with zero attached hydrogens (tertiary/aromatic N) is 2. The number of aromatic hydroxyl groups is 1. The maximum atomic E-state index is 12.5. The molecule has 142 valence electrons. The van der Waals surface area contributed by atoms with Gasteiger partial charge in [-0.05, 0) is 37.8 Å². The largest absolute Gasteiger partial charge is 0.507 e. The van der Waals surface area contributed by atoms with Crippen molar-refractivity contribution < 1.29 is 14.7 Å². The van der Waals surface area contributed by atoms with Gasteiger partial charge in [-0.15, -0.1) is 0 Å². The van der Waals surface area contributed by atoms with E-state index in [0.29, 0.717) is 10.9 Å². The Bertz CT molecular complexity index is 847. The van der Waals surface area contributed by atoms with Crippen molar-refractivity contribution in [3.05, 3.63) is 40.9 Å². The van der Waals surface area contributed by atoms with Crippen molar-refractivity contribution in [2.24, 2.45) is 5.18 Å². The van der Waals surface area contributed by atoms with Gasteiger partial charge in [-0.3, -0.25) is 9.59 Å². The third kappa shape index (κ3) is 4.78. The Morgan fingerprint density at radius 3 is 2.48 bits per heavy atom. The highest BCUT2D eigenvalue weighted by molar-refractivity contribution is 5.97. The lowest BCUT2D eigenvalue weighted by Gasteiger charge is -2.29. The standard InChI is InChI=1S/C19H22N4O4/c24-17-11-16(23-15-4-2-1-3-14(15)17)19(26)22-13-7-5-12(6-8-13)21-18(25)9-10-20-27/h1-4,11-13H,5-10H2,(H,21,25)(H,22,26)(H,23,24)/t12-,13-. The summed E-state index contributed by atoms with van der Waals surface area (Å²) in [6.07, 6.45) is 3.09. The predicted molar refractivity (Wildman–Crippen MR) is 100 cm³/mol. The first-order chi connectivity index (χ1) is 13.1. The number of fused-ring (bicyclic) bond motifs is 1. The molecule has 1 aromatic heterocycles. The number of aromatic nitrogens is 1. The molecule has 1 aromatic carbocycles. The molecule has 3 N–H and O–H groups in total. The maximum absolute atomic E-state index is 12.5. The summed E-state index contributed by atoms with van der Waals surface area (Å²) in [5.74, 6) is -0.458. The van der Waals surface area contributed by atoms with Crippen molar-refractivity contribution in [1.82, 2.24) is 15.6 Å². The van der Waals surface area contributed by atoms with Crippen LogP contribution < -0.4 is 10.6 Å². The number of rotatable bonds is 6. The first kappa shape index (κ1) is 18.8. The lowest BCUT2D eigenvalue weighted by atomic mass is 9.91. The summed E-state index contributed by atoms with van der Waals surface area (Å²) in [4.78, 5) is 38.5. The lowest BCUT2D eigenvalue weighted by molar-refractivity contribution is -0.121. The van der Waals surface area contributed by atoms with Crippen LogP contribution in [-0.2, 0) is 4.79 Å². The predicted octanol–water partition coefficient (Wildman–Crippen LogP) is 2.25. The molecule has 2 aromatic rings. The molecule has 1 heterocycles. The SMILES string of the molecule is O=NCCC(=O)N[C@H]1CC[C@H](NC(=O)c2cc(O)c3ccccc3n2)CC1. The highest BCUT2D eigenvalue weighted by Crippen LogP contribution is 2.24. The molecule has 0 radical (unpaired) electrons. The second kappa shape index (κ2) is 8.57. The average Bonchev–Trinajstić information content (AvgIpc) is 2.68. The summed E-state index contributed by atoms with van der Waals surface area (Å²) in [7, 11) is 0. The molecule has 2 amide bonds. The number of hydrogen-bond donors (Lipinski definition) is 3. The number of amides is 2. The van der Waals surface area contributed by atoms with Crippen LogP contribution in [0.15, 0.2) is 35.5 Å². The minimum absolute atomic E-state index is 0.00212. The van der Waals surface area contributed by atoms with Gasteiger partial charge in [0, 0.05) is 30.0 Å². The van der Waals surface area contributed by atoms with Crippen LogP contribution in [0.25, 0.3) is 10.9 Å². The first-order valence-corrected chi connectivity index (χ1v) is 9.05. The first-order valence-electron chi connectivity index (χ1n) is 9.05. The van der Waals surface area contributed by atoms with E-state index in [1.807, 2.05) is 0 Å². The van der Waals surface area contributed by atoms with Gasteiger partial charge in [-0.2, -0.15) is 4.91 Å². The van der Waals surface area contributed by atoms with Crippen molar-refractivity contribution in [1.29, 1.82) is 0 Å². The van der Waals surface area contributed by atoms with E-state index in [2.05, 4.69) is 20.8 Å². The zero-order valence-electron chi connectivity index (χ0n) is 14.9. The minimum atomic E-state index is -0.319. The van der Waals surface area contributed by atoms with Gasteiger partial charge in [0.2, 0.25) is 5.91 Å². The Hall–Kier alpha value is -3.03. The fraction of sp³-hybridized carbons (Fsp3) is 0.421. The molecule has 1 aliphatic rings. The van der Waals surface area contributed by atoms with E-state index in [1.54, 1.807) is 24.3 Å². The van der Waals surface area contributed by atoms with Crippen molar-refractivity contribution in [3.63, 3.8) is 0 Å². The molecule has 0 atom stereocenters. The van der Waals surface area contributed by atoms with Gasteiger partial charge in [0.25, 0.3) is 5.91 Å². The Balaban J connectivity index is 1.54. The Morgan fingerprint density at radius 1 is 1.11 bits per heavy atom. The molecular formula is C19H22N4O4. The number of benzene rings is 1. The van der Waals surface area contributed by atoms with E-state index >= 15 is 0 Å². The van der Waals surface area contributed by atoms with Gasteiger partial charge in [-0.1, -0.05) is 17.3 Å². The van der Waals surface area contributed by atoms with Crippen LogP contribution in [0.5, 0.6) is 5.75 Å². The molecule has 3 rings (SSSR count). The lowest BCUT2D eigenvalue weighted by Crippen LogP contribution is -2.44. The van der Waals surface area contributed by atoms with Gasteiger partial charge < -0.3 is 15.7 Å². The number of carbonyl (C=O) groups is 2. The smallest absolute Gasteiger partial charge is 0.270 e. The zero-order chi connectivity index (χ0) is 19.2. The van der Waals surface area contributed by atoms with E-state index in [4.69, 9.17) is 0 Å². The number of carbonyl (C=O) groups excluding carboxylic acids is 2. The van der Waals surface area contributed by atoms with Crippen molar-refractivity contribution in [3.8, 4) is 5.75 Å². The highest BCUT2D eigenvalue weighted by atomic mass is 16.3. The summed E-state index contributed by atoms with van der Waals surface area (Å²) in [6.45, 7) is -0.0111. The fourth-order valence-corrected chi connectivity index (χ4v) is 3.36. The number of nitroso groups, excluding NO2 is 1. The molecule has 1 saturated carbocycles. The Kier molecular flexibility index (Phi) is 5.95. The molecule has 8 heteroatoms. The molecule has 27 heavy (non-hydrogen) atoms. The van der Waals surface area contributed by atoms with Gasteiger partial charge in [0.15, 0.2) is 0 Å². The fourth-order valence-electron chi connectivity index (χ4n) is 3.36. The van der Waals surface area contributed by atoms with E-state index in [1.165, 1.54) is 6.07 Å².